The molecule has 3 aliphatic rings. The quantitative estimate of drug-likeness (QED) is 0.149. The normalized spacial score (nSPS) is 20.1. The fourth-order valence-electron chi connectivity index (χ4n) is 5.23. The number of methoxy groups -OCH3 is 2. The zero-order chi connectivity index (χ0) is 24.6. The van der Waals surface area contributed by atoms with Gasteiger partial charge in [0.15, 0.2) is 5.84 Å². The Morgan fingerprint density at radius 1 is 1.17 bits per heavy atom. The summed E-state index contributed by atoms with van der Waals surface area (Å²) in [4.78, 5) is 15.3. The van der Waals surface area contributed by atoms with Crippen LogP contribution >= 0.6 is 0 Å². The number of hydrogen-bond acceptors (Lipinski definition) is 8. The van der Waals surface area contributed by atoms with E-state index in [4.69, 9.17) is 20.7 Å². The number of rotatable bonds is 4. The number of amidine groups is 1. The molecule has 0 radical (unpaired) electrons. The van der Waals surface area contributed by atoms with Gasteiger partial charge < -0.3 is 30.8 Å². The molecule has 0 saturated carbocycles. The summed E-state index contributed by atoms with van der Waals surface area (Å²) >= 11 is 0. The Balaban J connectivity index is 1.23. The van der Waals surface area contributed by atoms with E-state index in [0.29, 0.717) is 37.4 Å². The van der Waals surface area contributed by atoms with Crippen molar-refractivity contribution in [3.8, 4) is 11.5 Å². The van der Waals surface area contributed by atoms with E-state index in [1.807, 2.05) is 35.2 Å². The summed E-state index contributed by atoms with van der Waals surface area (Å²) < 4.78 is 11.0. The number of nitrogens with zero attached hydrogens (tertiary/aromatic N) is 3. The molecule has 0 aromatic heterocycles. The van der Waals surface area contributed by atoms with Gasteiger partial charge in [-0.25, -0.2) is 0 Å². The van der Waals surface area contributed by atoms with Crippen LogP contribution in [0.5, 0.6) is 11.5 Å². The van der Waals surface area contributed by atoms with Crippen LogP contribution in [0.3, 0.4) is 0 Å². The van der Waals surface area contributed by atoms with E-state index in [0.717, 1.165) is 41.1 Å². The minimum absolute atomic E-state index is 0.0281. The van der Waals surface area contributed by atoms with Crippen LogP contribution in [-0.4, -0.2) is 55.7 Å². The predicted octanol–water partition coefficient (Wildman–Crippen LogP) is 2.23. The Bertz CT molecular complexity index is 1160. The van der Waals surface area contributed by atoms with Crippen molar-refractivity contribution >= 4 is 23.1 Å². The Labute approximate surface area is 203 Å². The first-order valence-electron chi connectivity index (χ1n) is 11.6. The standard InChI is InChI=1S/C24H30N8O3/c1-34-19-5-6-20(35-2)21-16(19)12-18(28-21)23(33)32-9-7-24(8-10-32)27-13-15-11-14(22(25)30-31-26)3-4-17(15)29-24/h3-6,11,18,27-29H,7-10,12-13H2,1-2H3,(H3,25,26,30). The summed E-state index contributed by atoms with van der Waals surface area (Å²) in [5.41, 5.74) is 4.29. The zero-order valence-electron chi connectivity index (χ0n) is 19.9. The number of hydrogen-bond donors (Lipinski definition) is 5. The lowest BCUT2D eigenvalue weighted by Crippen LogP contribution is -2.61. The molecule has 184 valence electrons. The van der Waals surface area contributed by atoms with Gasteiger partial charge in [0, 0.05) is 55.7 Å². The highest BCUT2D eigenvalue weighted by Crippen LogP contribution is 2.41. The molecule has 2 aromatic carbocycles. The second-order valence-corrected chi connectivity index (χ2v) is 9.05. The largest absolute Gasteiger partial charge is 0.496 e. The first kappa shape index (κ1) is 22.9. The minimum Gasteiger partial charge on any atom is -0.496 e. The number of carbonyl (C=O) groups is 1. The summed E-state index contributed by atoms with van der Waals surface area (Å²) in [6, 6.07) is 9.12. The van der Waals surface area contributed by atoms with Gasteiger partial charge in [0.05, 0.1) is 25.6 Å². The first-order valence-corrected chi connectivity index (χ1v) is 11.6. The third-order valence-corrected chi connectivity index (χ3v) is 7.15. The molecule has 1 fully saturated rings. The zero-order valence-corrected chi connectivity index (χ0v) is 19.9. The van der Waals surface area contributed by atoms with Gasteiger partial charge in [-0.3, -0.25) is 15.5 Å². The van der Waals surface area contributed by atoms with Crippen molar-refractivity contribution in [2.45, 2.75) is 37.5 Å². The molecule has 1 atom stereocenters. The van der Waals surface area contributed by atoms with Crippen LogP contribution in [0, 0.1) is 5.41 Å². The lowest BCUT2D eigenvalue weighted by molar-refractivity contribution is -0.133. The van der Waals surface area contributed by atoms with Crippen molar-refractivity contribution in [3.63, 3.8) is 0 Å². The number of fused-ring (bicyclic) bond motifs is 2. The highest BCUT2D eigenvalue weighted by molar-refractivity contribution is 5.97. The summed E-state index contributed by atoms with van der Waals surface area (Å²) in [6.45, 7) is 1.96. The van der Waals surface area contributed by atoms with Crippen molar-refractivity contribution < 1.29 is 14.3 Å². The molecule has 6 N–H and O–H groups in total. The average molecular weight is 479 g/mol. The highest BCUT2D eigenvalue weighted by atomic mass is 16.5. The molecule has 11 heteroatoms. The van der Waals surface area contributed by atoms with Gasteiger partial charge in [-0.15, -0.1) is 5.11 Å². The van der Waals surface area contributed by atoms with Gasteiger partial charge in [-0.05, 0) is 35.9 Å². The molecule has 1 spiro atoms. The average Bonchev–Trinajstić information content (AvgIpc) is 3.34. The molecule has 1 unspecified atom stereocenters. The van der Waals surface area contributed by atoms with Crippen LogP contribution < -0.4 is 31.3 Å². The van der Waals surface area contributed by atoms with E-state index >= 15 is 0 Å². The molecule has 1 amide bonds. The maximum absolute atomic E-state index is 13.4. The number of likely N-dealkylation sites (tertiary alicyclic amines) is 1. The van der Waals surface area contributed by atoms with Gasteiger partial charge in [-0.2, -0.15) is 0 Å². The summed E-state index contributed by atoms with van der Waals surface area (Å²) in [6.07, 6.45) is 2.13. The smallest absolute Gasteiger partial charge is 0.245 e. The van der Waals surface area contributed by atoms with Crippen LogP contribution in [0.25, 0.3) is 0 Å². The Kier molecular flexibility index (Phi) is 5.93. The molecule has 3 heterocycles. The number of benzene rings is 2. The number of piperidine rings is 1. The monoisotopic (exact) mass is 478 g/mol. The van der Waals surface area contributed by atoms with Crippen molar-refractivity contribution in [1.29, 1.82) is 5.41 Å². The SMILES string of the molecule is COc1ccc(OC)c2c1CC(C(=O)N1CCC3(CC1)NCc1cc(C(=N)N=NN)ccc1N3)N2. The molecule has 0 bridgehead atoms. The summed E-state index contributed by atoms with van der Waals surface area (Å²) in [7, 11) is 3.27. The number of ether oxygens (including phenoxy) is 2. The van der Waals surface area contributed by atoms with Gasteiger partial charge >= 0.3 is 0 Å². The molecule has 2 aromatic rings. The molecule has 11 nitrogen and oxygen atoms in total. The lowest BCUT2D eigenvalue weighted by Gasteiger charge is -2.46. The molecular weight excluding hydrogens is 448 g/mol. The van der Waals surface area contributed by atoms with E-state index in [2.05, 4.69) is 26.3 Å². The van der Waals surface area contributed by atoms with E-state index in [1.54, 1.807) is 14.2 Å². The number of anilines is 2. The van der Waals surface area contributed by atoms with Crippen LogP contribution in [0.4, 0.5) is 11.4 Å². The number of nitrogens with one attached hydrogen (secondary N) is 4. The Morgan fingerprint density at radius 3 is 2.63 bits per heavy atom. The molecule has 35 heavy (non-hydrogen) atoms. The first-order chi connectivity index (χ1) is 17.0. The fraction of sp³-hybridized carbons (Fsp3) is 0.417. The third kappa shape index (κ3) is 4.12. The molecule has 0 aliphatic carbocycles. The molecular formula is C24H30N8O3. The van der Waals surface area contributed by atoms with Crippen LogP contribution in [-0.2, 0) is 17.8 Å². The molecule has 3 aliphatic heterocycles. The van der Waals surface area contributed by atoms with E-state index in [1.165, 1.54) is 0 Å². The van der Waals surface area contributed by atoms with Gasteiger partial charge in [0.1, 0.15) is 17.5 Å². The van der Waals surface area contributed by atoms with E-state index in [-0.39, 0.29) is 23.4 Å². The third-order valence-electron chi connectivity index (χ3n) is 7.15. The molecule has 1 saturated heterocycles. The second kappa shape index (κ2) is 9.06. The van der Waals surface area contributed by atoms with E-state index in [9.17, 15) is 4.79 Å². The maximum atomic E-state index is 13.4. The van der Waals surface area contributed by atoms with Gasteiger partial charge in [-0.1, -0.05) is 5.22 Å². The fourth-order valence-corrected chi connectivity index (χ4v) is 5.23. The number of carbonyl (C=O) groups excluding carboxylic acids is 1. The van der Waals surface area contributed by atoms with Crippen molar-refractivity contribution in [1.82, 2.24) is 10.2 Å². The van der Waals surface area contributed by atoms with Gasteiger partial charge in [0.2, 0.25) is 5.91 Å². The topological polar surface area (TPSA) is 149 Å². The van der Waals surface area contributed by atoms with Crippen LogP contribution in [0.15, 0.2) is 40.7 Å². The lowest BCUT2D eigenvalue weighted by atomic mass is 9.91. The minimum atomic E-state index is -0.336. The Morgan fingerprint density at radius 2 is 1.91 bits per heavy atom. The summed E-state index contributed by atoms with van der Waals surface area (Å²) in [5.74, 6) is 6.67. The van der Waals surface area contributed by atoms with Crippen molar-refractivity contribution in [2.24, 2.45) is 16.2 Å². The van der Waals surface area contributed by atoms with Crippen LogP contribution in [0.1, 0.15) is 29.5 Å². The van der Waals surface area contributed by atoms with Crippen molar-refractivity contribution in [2.75, 3.05) is 37.9 Å². The Hall–Kier alpha value is -3.86. The second-order valence-electron chi connectivity index (χ2n) is 9.05. The molecule has 5 rings (SSSR count). The van der Waals surface area contributed by atoms with Crippen molar-refractivity contribution in [3.05, 3.63) is 47.0 Å². The highest BCUT2D eigenvalue weighted by Gasteiger charge is 2.41. The number of nitrogens with two attached hydrogens (primary N) is 1. The maximum Gasteiger partial charge on any atom is 0.245 e. The predicted molar refractivity (Wildman–Crippen MR) is 132 cm³/mol. The summed E-state index contributed by atoms with van der Waals surface area (Å²) in [5, 5.41) is 25.3. The number of amides is 1. The van der Waals surface area contributed by atoms with Gasteiger partial charge in [0.25, 0.3) is 0 Å². The van der Waals surface area contributed by atoms with E-state index < -0.39 is 0 Å². The van der Waals surface area contributed by atoms with Crippen LogP contribution in [0.2, 0.25) is 0 Å².